The molecule has 1 aliphatic rings. The summed E-state index contributed by atoms with van der Waals surface area (Å²) in [4.78, 5) is 30.4. The molecule has 0 aliphatic carbocycles. The topological polar surface area (TPSA) is 75.9 Å². The van der Waals surface area contributed by atoms with Crippen LogP contribution in [0.5, 0.6) is 5.75 Å². The number of carbonyl (C=O) groups is 2. The minimum absolute atomic E-state index is 0.0238. The molecule has 0 radical (unpaired) electrons. The lowest BCUT2D eigenvalue weighted by Gasteiger charge is -2.33. The maximum atomic E-state index is 13.5. The van der Waals surface area contributed by atoms with Crippen molar-refractivity contribution in [2.24, 2.45) is 0 Å². The lowest BCUT2D eigenvalue weighted by molar-refractivity contribution is 0.0577. The molecule has 7 heteroatoms. The number of nitrogens with zero attached hydrogens (tertiary/aromatic N) is 3. The normalized spacial score (nSPS) is 17.4. The number of ether oxygens (including phenoxy) is 1. The van der Waals surface area contributed by atoms with Crippen LogP contribution in [0.3, 0.4) is 0 Å². The van der Waals surface area contributed by atoms with Crippen LogP contribution in [0.2, 0.25) is 0 Å². The highest BCUT2D eigenvalue weighted by Gasteiger charge is 2.29. The van der Waals surface area contributed by atoms with Gasteiger partial charge in [-0.05, 0) is 50.8 Å². The van der Waals surface area contributed by atoms with E-state index in [1.807, 2.05) is 53.1 Å². The van der Waals surface area contributed by atoms with Crippen molar-refractivity contribution in [3.05, 3.63) is 83.2 Å². The molecule has 0 N–H and O–H groups in total. The zero-order chi connectivity index (χ0) is 23.9. The lowest BCUT2D eigenvalue weighted by atomic mass is 10.0. The number of para-hydroxylation sites is 1. The number of benzene rings is 2. The van der Waals surface area contributed by atoms with Gasteiger partial charge in [0.05, 0.1) is 11.6 Å². The Morgan fingerprint density at radius 3 is 2.53 bits per heavy atom. The number of aryl methyl sites for hydroxylation is 1. The number of rotatable bonds is 4. The smallest absolute Gasteiger partial charge is 0.276 e. The molecule has 0 saturated carbocycles. The molecule has 4 rings (SSSR count). The Labute approximate surface area is 200 Å². The molecular weight excluding hydrogens is 430 g/mol. The van der Waals surface area contributed by atoms with Crippen molar-refractivity contribution in [1.29, 1.82) is 0 Å². The zero-order valence-corrected chi connectivity index (χ0v) is 19.8. The summed E-state index contributed by atoms with van der Waals surface area (Å²) >= 11 is 0. The van der Waals surface area contributed by atoms with Gasteiger partial charge in [-0.1, -0.05) is 47.6 Å². The summed E-state index contributed by atoms with van der Waals surface area (Å²) in [5.41, 5.74) is 1.96. The van der Waals surface area contributed by atoms with Gasteiger partial charge in [0.15, 0.2) is 5.69 Å². The highest BCUT2D eigenvalue weighted by atomic mass is 16.5. The number of hydrogen-bond acceptors (Lipinski definition) is 5. The number of hydrogen-bond donors (Lipinski definition) is 0. The molecule has 0 saturated heterocycles. The van der Waals surface area contributed by atoms with Crippen LogP contribution >= 0.6 is 0 Å². The molecule has 34 heavy (non-hydrogen) atoms. The van der Waals surface area contributed by atoms with Crippen LogP contribution in [-0.2, 0) is 6.42 Å². The fourth-order valence-electron chi connectivity index (χ4n) is 4.32. The van der Waals surface area contributed by atoms with E-state index in [-0.39, 0.29) is 24.5 Å². The van der Waals surface area contributed by atoms with Gasteiger partial charge < -0.3 is 19.1 Å². The summed E-state index contributed by atoms with van der Waals surface area (Å²) in [6, 6.07) is 18.8. The second-order valence-electron chi connectivity index (χ2n) is 8.56. The SMILES string of the molecule is CCN1CCCCN(C(=O)c2cc(C)on2)[C@@H](Cc2ccccc2)COc2ccccc2C1=O. The molecule has 0 bridgehead atoms. The third-order valence-electron chi connectivity index (χ3n) is 6.16. The first kappa shape index (κ1) is 23.5. The predicted octanol–water partition coefficient (Wildman–Crippen LogP) is 4.37. The largest absolute Gasteiger partial charge is 0.491 e. The van der Waals surface area contributed by atoms with E-state index in [2.05, 4.69) is 17.3 Å². The van der Waals surface area contributed by atoms with Crippen LogP contribution in [0.4, 0.5) is 0 Å². The summed E-state index contributed by atoms with van der Waals surface area (Å²) in [5.74, 6) is 0.938. The Hall–Kier alpha value is -3.61. The maximum Gasteiger partial charge on any atom is 0.276 e. The maximum absolute atomic E-state index is 13.5. The molecular formula is C27H31N3O4. The van der Waals surface area contributed by atoms with Crippen LogP contribution in [0.1, 0.15) is 51.9 Å². The fraction of sp³-hybridized carbons (Fsp3) is 0.370. The molecule has 178 valence electrons. The summed E-state index contributed by atoms with van der Waals surface area (Å²) in [6.07, 6.45) is 2.18. The highest BCUT2D eigenvalue weighted by molar-refractivity contribution is 5.97. The number of carbonyl (C=O) groups excluding carboxylic acids is 2. The van der Waals surface area contributed by atoms with E-state index in [1.54, 1.807) is 19.1 Å². The average molecular weight is 462 g/mol. The van der Waals surface area contributed by atoms with E-state index in [1.165, 1.54) is 0 Å². The molecule has 3 aromatic rings. The van der Waals surface area contributed by atoms with E-state index >= 15 is 0 Å². The molecule has 0 spiro atoms. The van der Waals surface area contributed by atoms with Gasteiger partial charge in [-0.2, -0.15) is 0 Å². The molecule has 2 heterocycles. The number of aromatic nitrogens is 1. The minimum Gasteiger partial charge on any atom is -0.491 e. The van der Waals surface area contributed by atoms with Gasteiger partial charge in [0.2, 0.25) is 0 Å². The molecule has 1 aliphatic heterocycles. The van der Waals surface area contributed by atoms with Gasteiger partial charge in [0, 0.05) is 25.7 Å². The summed E-state index contributed by atoms with van der Waals surface area (Å²) in [5, 5.41) is 3.97. The van der Waals surface area contributed by atoms with Gasteiger partial charge in [-0.25, -0.2) is 0 Å². The zero-order valence-electron chi connectivity index (χ0n) is 19.8. The highest BCUT2D eigenvalue weighted by Crippen LogP contribution is 2.23. The Morgan fingerprint density at radius 1 is 1.06 bits per heavy atom. The molecule has 2 amide bonds. The van der Waals surface area contributed by atoms with Crippen LogP contribution in [0, 0.1) is 6.92 Å². The Balaban J connectivity index is 1.69. The van der Waals surface area contributed by atoms with E-state index in [0.29, 0.717) is 48.8 Å². The van der Waals surface area contributed by atoms with Crippen molar-refractivity contribution in [2.75, 3.05) is 26.2 Å². The average Bonchev–Trinajstić information content (AvgIpc) is 3.30. The van der Waals surface area contributed by atoms with Gasteiger partial charge in [-0.3, -0.25) is 9.59 Å². The van der Waals surface area contributed by atoms with E-state index in [0.717, 1.165) is 18.4 Å². The number of fused-ring (bicyclic) bond motifs is 1. The van der Waals surface area contributed by atoms with Crippen molar-refractivity contribution < 1.29 is 18.8 Å². The van der Waals surface area contributed by atoms with Crippen molar-refractivity contribution in [2.45, 2.75) is 39.2 Å². The molecule has 2 aromatic carbocycles. The second-order valence-corrected chi connectivity index (χ2v) is 8.56. The van der Waals surface area contributed by atoms with E-state index in [9.17, 15) is 9.59 Å². The number of amides is 2. The first-order chi connectivity index (χ1) is 16.6. The van der Waals surface area contributed by atoms with Gasteiger partial charge in [-0.15, -0.1) is 0 Å². The lowest BCUT2D eigenvalue weighted by Crippen LogP contribution is -2.46. The first-order valence-electron chi connectivity index (χ1n) is 11.9. The Kier molecular flexibility index (Phi) is 7.62. The molecule has 7 nitrogen and oxygen atoms in total. The van der Waals surface area contributed by atoms with Crippen molar-refractivity contribution in [3.63, 3.8) is 0 Å². The van der Waals surface area contributed by atoms with Crippen molar-refractivity contribution >= 4 is 11.8 Å². The third kappa shape index (κ3) is 5.47. The fourth-order valence-corrected chi connectivity index (χ4v) is 4.32. The van der Waals surface area contributed by atoms with Crippen LogP contribution < -0.4 is 4.74 Å². The second kappa shape index (κ2) is 11.0. The molecule has 0 unspecified atom stereocenters. The predicted molar refractivity (Wildman–Crippen MR) is 129 cm³/mol. The Morgan fingerprint density at radius 2 is 1.79 bits per heavy atom. The van der Waals surface area contributed by atoms with Gasteiger partial charge in [0.25, 0.3) is 11.8 Å². The standard InChI is InChI=1S/C27H31N3O4/c1-3-29-15-9-10-16-30(27(32)24-17-20(2)34-28-24)22(18-21-11-5-4-6-12-21)19-33-25-14-8-7-13-23(25)26(29)31/h4-8,11-14,17,22H,3,9-10,15-16,18-19H2,1-2H3/t22-/m0/s1. The monoisotopic (exact) mass is 461 g/mol. The Bertz CT molecular complexity index is 1110. The summed E-state index contributed by atoms with van der Waals surface area (Å²) in [6.45, 7) is 5.79. The van der Waals surface area contributed by atoms with Crippen molar-refractivity contribution in [3.8, 4) is 5.75 Å². The minimum atomic E-state index is -0.239. The van der Waals surface area contributed by atoms with Gasteiger partial charge >= 0.3 is 0 Å². The van der Waals surface area contributed by atoms with Gasteiger partial charge in [0.1, 0.15) is 18.1 Å². The third-order valence-corrected chi connectivity index (χ3v) is 6.16. The van der Waals surface area contributed by atoms with Crippen LogP contribution in [-0.4, -0.2) is 59.1 Å². The van der Waals surface area contributed by atoms with E-state index < -0.39 is 0 Å². The summed E-state index contributed by atoms with van der Waals surface area (Å²) in [7, 11) is 0. The quantitative estimate of drug-likeness (QED) is 0.577. The van der Waals surface area contributed by atoms with Crippen molar-refractivity contribution in [1.82, 2.24) is 15.0 Å². The molecule has 0 fully saturated rings. The summed E-state index contributed by atoms with van der Waals surface area (Å²) < 4.78 is 11.4. The van der Waals surface area contributed by atoms with Crippen LogP contribution in [0.15, 0.2) is 65.2 Å². The van der Waals surface area contributed by atoms with Crippen LogP contribution in [0.25, 0.3) is 0 Å². The van der Waals surface area contributed by atoms with E-state index in [4.69, 9.17) is 9.26 Å². The first-order valence-corrected chi connectivity index (χ1v) is 11.9. The molecule has 1 aromatic heterocycles. The molecule has 1 atom stereocenters.